The number of aliphatic hydroxyl groups is 1. The number of nitrogens with one attached hydrogen (secondary N) is 2. The molecule has 176 valence electrons. The van der Waals surface area contributed by atoms with Crippen molar-refractivity contribution in [3.63, 3.8) is 0 Å². The number of ether oxygens (including phenoxy) is 1. The lowest BCUT2D eigenvalue weighted by molar-refractivity contribution is 0.203. The van der Waals surface area contributed by atoms with Gasteiger partial charge in [-0.2, -0.15) is 0 Å². The van der Waals surface area contributed by atoms with Crippen molar-refractivity contribution in [3.8, 4) is 5.75 Å². The van der Waals surface area contributed by atoms with Gasteiger partial charge in [0.15, 0.2) is 5.96 Å². The molecule has 0 saturated carbocycles. The fourth-order valence-corrected chi connectivity index (χ4v) is 3.82. The predicted molar refractivity (Wildman–Crippen MR) is 143 cm³/mol. The van der Waals surface area contributed by atoms with E-state index in [1.807, 2.05) is 12.1 Å². The van der Waals surface area contributed by atoms with Gasteiger partial charge in [0.1, 0.15) is 5.75 Å². The largest absolute Gasteiger partial charge is 0.497 e. The molecule has 7 heteroatoms. The summed E-state index contributed by atoms with van der Waals surface area (Å²) in [5, 5.41) is 16.1. The molecule has 0 bridgehead atoms. The molecular weight excluding hydrogens is 515 g/mol. The van der Waals surface area contributed by atoms with Crippen molar-refractivity contribution in [2.24, 2.45) is 10.9 Å². The molecule has 0 aromatic heterocycles. The average molecular weight is 553 g/mol. The number of methoxy groups -OCH3 is 1. The first kappa shape index (κ1) is 26.3. The van der Waals surface area contributed by atoms with Gasteiger partial charge in [-0.25, -0.2) is 4.99 Å². The van der Waals surface area contributed by atoms with Crippen LogP contribution in [-0.2, 0) is 13.0 Å². The molecule has 3 N–H and O–H groups in total. The Kier molecular flexibility index (Phi) is 11.7. The zero-order valence-corrected chi connectivity index (χ0v) is 21.5. The van der Waals surface area contributed by atoms with Crippen LogP contribution < -0.4 is 20.3 Å². The molecule has 0 aliphatic carbocycles. The van der Waals surface area contributed by atoms with E-state index in [9.17, 15) is 5.11 Å². The molecule has 0 amide bonds. The fraction of sp³-hybridized carbons (Fsp3) is 0.480. The highest BCUT2D eigenvalue weighted by Crippen LogP contribution is 2.23. The van der Waals surface area contributed by atoms with Crippen molar-refractivity contribution in [1.82, 2.24) is 10.6 Å². The third-order valence-corrected chi connectivity index (χ3v) is 5.80. The maximum absolute atomic E-state index is 9.31. The molecule has 32 heavy (non-hydrogen) atoms. The van der Waals surface area contributed by atoms with Crippen molar-refractivity contribution in [2.45, 2.75) is 32.7 Å². The van der Waals surface area contributed by atoms with Gasteiger partial charge in [-0.3, -0.25) is 0 Å². The molecule has 0 unspecified atom stereocenters. The van der Waals surface area contributed by atoms with E-state index in [0.717, 1.165) is 57.2 Å². The van der Waals surface area contributed by atoms with Crippen LogP contribution in [0.5, 0.6) is 5.75 Å². The van der Waals surface area contributed by atoms with Gasteiger partial charge in [-0.1, -0.05) is 24.3 Å². The first-order chi connectivity index (χ1) is 15.2. The van der Waals surface area contributed by atoms with Gasteiger partial charge in [0.05, 0.1) is 13.7 Å². The Labute approximate surface area is 209 Å². The Morgan fingerprint density at radius 1 is 1.03 bits per heavy atom. The monoisotopic (exact) mass is 552 g/mol. The molecule has 0 atom stereocenters. The van der Waals surface area contributed by atoms with Crippen LogP contribution in [0.15, 0.2) is 53.5 Å². The number of aliphatic hydroxyl groups excluding tert-OH is 1. The van der Waals surface area contributed by atoms with E-state index >= 15 is 0 Å². The van der Waals surface area contributed by atoms with Crippen molar-refractivity contribution in [2.75, 3.05) is 44.8 Å². The zero-order valence-electron chi connectivity index (χ0n) is 19.2. The summed E-state index contributed by atoms with van der Waals surface area (Å²) >= 11 is 0. The molecular formula is C25H37IN4O2. The topological polar surface area (TPSA) is 69.1 Å². The molecule has 2 aromatic rings. The predicted octanol–water partition coefficient (Wildman–Crippen LogP) is 3.82. The van der Waals surface area contributed by atoms with Gasteiger partial charge in [0.2, 0.25) is 0 Å². The first-order valence-corrected chi connectivity index (χ1v) is 11.3. The number of rotatable bonds is 9. The Morgan fingerprint density at radius 3 is 2.28 bits per heavy atom. The number of halogens is 1. The molecule has 1 saturated heterocycles. The number of nitrogens with zero attached hydrogens (tertiary/aromatic N) is 2. The smallest absolute Gasteiger partial charge is 0.191 e. The highest BCUT2D eigenvalue weighted by atomic mass is 127. The highest BCUT2D eigenvalue weighted by molar-refractivity contribution is 14.0. The molecule has 3 rings (SSSR count). The standard InChI is InChI=1S/C25H36N4O2.HI/c1-3-26-25(27-15-12-20-6-10-24(31-2)11-7-20)28-18-21-4-8-23(9-5-21)29-16-13-22(19-30)14-17-29;/h4-11,22,30H,3,12-19H2,1-2H3,(H2,26,27,28);1H. The summed E-state index contributed by atoms with van der Waals surface area (Å²) in [4.78, 5) is 7.15. The first-order valence-electron chi connectivity index (χ1n) is 11.3. The van der Waals surface area contributed by atoms with E-state index in [0.29, 0.717) is 19.1 Å². The van der Waals surface area contributed by atoms with Crippen LogP contribution in [0.3, 0.4) is 0 Å². The van der Waals surface area contributed by atoms with E-state index in [4.69, 9.17) is 9.73 Å². The second kappa shape index (κ2) is 14.2. The van der Waals surface area contributed by atoms with Gasteiger partial charge >= 0.3 is 0 Å². The number of piperidine rings is 1. The summed E-state index contributed by atoms with van der Waals surface area (Å²) in [6.07, 6.45) is 3.06. The number of aliphatic imine (C=N–C) groups is 1. The van der Waals surface area contributed by atoms with E-state index in [-0.39, 0.29) is 24.0 Å². The SMILES string of the molecule is CCNC(=NCc1ccc(N2CCC(CO)CC2)cc1)NCCc1ccc(OC)cc1.I. The quantitative estimate of drug-likeness (QED) is 0.251. The number of guanidine groups is 1. The van der Waals surface area contributed by atoms with Crippen LogP contribution >= 0.6 is 24.0 Å². The minimum atomic E-state index is 0. The molecule has 6 nitrogen and oxygen atoms in total. The van der Waals surface area contributed by atoms with Crippen LogP contribution in [0.1, 0.15) is 30.9 Å². The second-order valence-electron chi connectivity index (χ2n) is 8.00. The van der Waals surface area contributed by atoms with E-state index in [1.54, 1.807) is 7.11 Å². The Morgan fingerprint density at radius 2 is 1.69 bits per heavy atom. The van der Waals surface area contributed by atoms with Crippen molar-refractivity contribution in [1.29, 1.82) is 0 Å². The minimum Gasteiger partial charge on any atom is -0.497 e. The third-order valence-electron chi connectivity index (χ3n) is 5.80. The summed E-state index contributed by atoms with van der Waals surface area (Å²) in [6, 6.07) is 16.9. The van der Waals surface area contributed by atoms with E-state index < -0.39 is 0 Å². The summed E-state index contributed by atoms with van der Waals surface area (Å²) in [5.41, 5.74) is 3.72. The van der Waals surface area contributed by atoms with Crippen LogP contribution in [0.25, 0.3) is 0 Å². The lowest BCUT2D eigenvalue weighted by Crippen LogP contribution is -2.38. The van der Waals surface area contributed by atoms with E-state index in [1.165, 1.54) is 16.8 Å². The Hall–Kier alpha value is -2.00. The highest BCUT2D eigenvalue weighted by Gasteiger charge is 2.18. The van der Waals surface area contributed by atoms with E-state index in [2.05, 4.69) is 58.9 Å². The summed E-state index contributed by atoms with van der Waals surface area (Å²) < 4.78 is 5.21. The lowest BCUT2D eigenvalue weighted by Gasteiger charge is -2.32. The van der Waals surface area contributed by atoms with Gasteiger partial charge in [-0.15, -0.1) is 24.0 Å². The average Bonchev–Trinajstić information content (AvgIpc) is 2.83. The van der Waals surface area contributed by atoms with Gasteiger partial charge in [-0.05, 0) is 67.5 Å². The summed E-state index contributed by atoms with van der Waals surface area (Å²) in [5.74, 6) is 2.19. The fourth-order valence-electron chi connectivity index (χ4n) is 3.82. The van der Waals surface area contributed by atoms with Crippen LogP contribution in [-0.4, -0.2) is 51.0 Å². The lowest BCUT2D eigenvalue weighted by atomic mass is 9.97. The Bertz CT molecular complexity index is 804. The van der Waals surface area contributed by atoms with Crippen molar-refractivity contribution < 1.29 is 9.84 Å². The molecule has 1 heterocycles. The van der Waals surface area contributed by atoms with Crippen molar-refractivity contribution >= 4 is 35.6 Å². The Balaban J connectivity index is 0.00000363. The number of anilines is 1. The second-order valence-corrected chi connectivity index (χ2v) is 8.00. The normalized spacial score (nSPS) is 14.6. The molecule has 1 aliphatic rings. The maximum Gasteiger partial charge on any atom is 0.191 e. The van der Waals surface area contributed by atoms with Gasteiger partial charge < -0.3 is 25.4 Å². The molecule has 0 radical (unpaired) electrons. The summed E-state index contributed by atoms with van der Waals surface area (Å²) in [7, 11) is 1.68. The van der Waals surface area contributed by atoms with Crippen LogP contribution in [0.4, 0.5) is 5.69 Å². The van der Waals surface area contributed by atoms with Crippen molar-refractivity contribution in [3.05, 3.63) is 59.7 Å². The zero-order chi connectivity index (χ0) is 21.9. The number of benzene rings is 2. The summed E-state index contributed by atoms with van der Waals surface area (Å²) in [6.45, 7) is 6.72. The maximum atomic E-state index is 9.31. The molecule has 1 fully saturated rings. The molecule has 0 spiro atoms. The molecule has 2 aromatic carbocycles. The minimum absolute atomic E-state index is 0. The molecule has 1 aliphatic heterocycles. The van der Waals surface area contributed by atoms with Crippen LogP contribution in [0.2, 0.25) is 0 Å². The third kappa shape index (κ3) is 8.16. The van der Waals surface area contributed by atoms with Crippen LogP contribution in [0, 0.1) is 5.92 Å². The number of hydrogen-bond donors (Lipinski definition) is 3. The van der Waals surface area contributed by atoms with Gasteiger partial charge in [0.25, 0.3) is 0 Å². The number of hydrogen-bond acceptors (Lipinski definition) is 4. The van der Waals surface area contributed by atoms with Gasteiger partial charge in [0, 0.05) is 38.5 Å².